The van der Waals surface area contributed by atoms with Crippen LogP contribution in [0.5, 0.6) is 0 Å². The predicted octanol–water partition coefficient (Wildman–Crippen LogP) is 26.8. The highest BCUT2D eigenvalue weighted by Gasteiger charge is 2.54. The van der Waals surface area contributed by atoms with Gasteiger partial charge in [0.05, 0.1) is 39.0 Å². The molecule has 498 valence electrons. The molecule has 2 aliphatic carbocycles. The molecule has 0 aromatic heterocycles. The van der Waals surface area contributed by atoms with E-state index < -0.39 is 16.2 Å². The van der Waals surface area contributed by atoms with Crippen LogP contribution in [0.3, 0.4) is 0 Å². The minimum Gasteiger partial charge on any atom is -0.309 e. The van der Waals surface area contributed by atoms with Crippen LogP contribution in [0.1, 0.15) is 66.8 Å². The van der Waals surface area contributed by atoms with Crippen LogP contribution in [-0.2, 0) is 16.2 Å². The van der Waals surface area contributed by atoms with Crippen molar-refractivity contribution in [3.63, 3.8) is 0 Å². The van der Waals surface area contributed by atoms with E-state index in [0.29, 0.717) is 0 Å². The van der Waals surface area contributed by atoms with Gasteiger partial charge in [-0.3, -0.25) is 0 Å². The molecule has 107 heavy (non-hydrogen) atoms. The molecule has 2 heteroatoms. The molecule has 0 N–H and O–H groups in total. The molecule has 0 saturated heterocycles. The van der Waals surface area contributed by atoms with Gasteiger partial charge in [-0.1, -0.05) is 370 Å². The minimum atomic E-state index is -0.732. The predicted molar refractivity (Wildman–Crippen MR) is 445 cm³/mol. The van der Waals surface area contributed by atoms with E-state index in [-0.39, 0.29) is 0 Å². The number of hydrogen-bond acceptors (Lipinski definition) is 2. The smallest absolute Gasteiger partial charge is 0.0742 e. The highest BCUT2D eigenvalue weighted by molar-refractivity contribution is 6.23. The number of nitrogens with zero attached hydrogens (tertiary/aromatic N) is 2. The van der Waals surface area contributed by atoms with Gasteiger partial charge >= 0.3 is 0 Å². The molecule has 2 heterocycles. The first-order valence-corrected chi connectivity index (χ1v) is 37.4. The van der Waals surface area contributed by atoms with Crippen LogP contribution in [0.2, 0.25) is 0 Å². The standard InChI is InChI=1S/C105H68N2/c1-7-35-70(36-8-1)103(71-37-9-2-10-38-71)90-59-25-27-64-96(90)106(74-43-15-5-16-44-74)101-83(54-31-62-94(101)103)77-50-29-52-81-86(77)68-87-78(84-55-32-63-95-102(84)107(75-45-17-6-18-46-75)97-65-28-26-60-91(97)104(95,72-39-11-3-12-40-72)73-41-13-4-14-42-73)51-30-53-82(87)98(81)85-56-33-61-92-100(85)99-76-47-20-19-34-69(76)66-67-93(99)105(92)88-57-23-21-48-79(88)80-49-22-24-58-89(80)105/h1-68H. The Morgan fingerprint density at radius 2 is 0.495 bits per heavy atom. The van der Waals surface area contributed by atoms with Crippen molar-refractivity contribution in [3.05, 3.63) is 479 Å². The van der Waals surface area contributed by atoms with Crippen molar-refractivity contribution in [2.24, 2.45) is 0 Å². The Balaban J connectivity index is 0.910. The lowest BCUT2D eigenvalue weighted by atomic mass is 9.62. The average molecular weight is 1360 g/mol. The van der Waals surface area contributed by atoms with E-state index >= 15 is 0 Å². The third kappa shape index (κ3) is 8.35. The van der Waals surface area contributed by atoms with Gasteiger partial charge in [0, 0.05) is 22.5 Å². The summed E-state index contributed by atoms with van der Waals surface area (Å²) in [6, 6.07) is 156. The molecular formula is C105H68N2. The van der Waals surface area contributed by atoms with E-state index in [9.17, 15) is 0 Å². The third-order valence-corrected chi connectivity index (χ3v) is 24.2. The normalized spacial score (nSPS) is 14.2. The second kappa shape index (κ2) is 23.7. The fourth-order valence-electron chi connectivity index (χ4n) is 20.2. The van der Waals surface area contributed by atoms with Crippen LogP contribution >= 0.6 is 0 Å². The first kappa shape index (κ1) is 60.9. The Morgan fingerprint density at radius 3 is 0.963 bits per heavy atom. The van der Waals surface area contributed by atoms with Gasteiger partial charge in [0.25, 0.3) is 0 Å². The van der Waals surface area contributed by atoms with Gasteiger partial charge < -0.3 is 9.80 Å². The molecule has 1 spiro atoms. The minimum absolute atomic E-state index is 0.608. The lowest BCUT2D eigenvalue weighted by molar-refractivity contribution is 0.731. The number of para-hydroxylation sites is 6. The topological polar surface area (TPSA) is 6.48 Å². The molecule has 0 fully saturated rings. The summed E-state index contributed by atoms with van der Waals surface area (Å²) in [5.41, 5.74) is 31.7. The maximum absolute atomic E-state index is 2.59. The second-order valence-electron chi connectivity index (χ2n) is 29.1. The molecular weight excluding hydrogens is 1290 g/mol. The molecule has 18 aromatic carbocycles. The largest absolute Gasteiger partial charge is 0.309 e. The SMILES string of the molecule is c1ccc(N2c3ccccc3C(c3ccccc3)(c3ccccc3)c3cccc(-c4cccc5c(-c6cccc7c6-c6c(ccc8ccccc68)C76c7ccccc7-c7ccccc76)c6cccc(-c7cccc8c7N(c7ccccc7)c7ccccc7C8(c7ccccc7)c7ccccc7)c6cc45)c32)cc1. The average Bonchev–Trinajstić information content (AvgIpc) is 1.54. The lowest BCUT2D eigenvalue weighted by Gasteiger charge is -2.47. The van der Waals surface area contributed by atoms with Crippen molar-refractivity contribution in [3.8, 4) is 55.6 Å². The van der Waals surface area contributed by atoms with Gasteiger partial charge in [0.1, 0.15) is 0 Å². The van der Waals surface area contributed by atoms with E-state index in [1.165, 1.54) is 122 Å². The molecule has 0 amide bonds. The highest BCUT2D eigenvalue weighted by Crippen LogP contribution is 2.68. The van der Waals surface area contributed by atoms with Crippen molar-refractivity contribution in [1.29, 1.82) is 0 Å². The van der Waals surface area contributed by atoms with E-state index in [0.717, 1.165) is 67.2 Å². The van der Waals surface area contributed by atoms with Crippen molar-refractivity contribution in [1.82, 2.24) is 0 Å². The fraction of sp³-hybridized carbons (Fsp3) is 0.0286. The zero-order valence-corrected chi connectivity index (χ0v) is 58.7. The second-order valence-corrected chi connectivity index (χ2v) is 29.1. The van der Waals surface area contributed by atoms with Crippen LogP contribution in [-0.4, -0.2) is 0 Å². The summed E-state index contributed by atoms with van der Waals surface area (Å²) < 4.78 is 0. The van der Waals surface area contributed by atoms with Crippen molar-refractivity contribution < 1.29 is 0 Å². The molecule has 0 bridgehead atoms. The summed E-state index contributed by atoms with van der Waals surface area (Å²) >= 11 is 0. The highest BCUT2D eigenvalue weighted by atomic mass is 15.2. The summed E-state index contributed by atoms with van der Waals surface area (Å²) in [5, 5.41) is 7.14. The first-order chi connectivity index (χ1) is 53.2. The molecule has 2 nitrogen and oxygen atoms in total. The number of rotatable bonds is 9. The Labute approximate surface area is 623 Å². The van der Waals surface area contributed by atoms with Crippen molar-refractivity contribution in [2.45, 2.75) is 16.2 Å². The maximum atomic E-state index is 2.59. The maximum Gasteiger partial charge on any atom is 0.0742 e. The third-order valence-electron chi connectivity index (χ3n) is 24.2. The summed E-state index contributed by atoms with van der Waals surface area (Å²) in [4.78, 5) is 5.13. The van der Waals surface area contributed by atoms with Gasteiger partial charge in [-0.05, 0) is 186 Å². The van der Waals surface area contributed by atoms with Crippen LogP contribution in [0.15, 0.2) is 413 Å². The molecule has 0 saturated carbocycles. The van der Waals surface area contributed by atoms with E-state index in [2.05, 4.69) is 422 Å². The molecule has 22 rings (SSSR count). The summed E-state index contributed by atoms with van der Waals surface area (Å²) in [6.45, 7) is 0. The zero-order chi connectivity index (χ0) is 70.4. The van der Waals surface area contributed by atoms with Crippen molar-refractivity contribution >= 4 is 66.4 Å². The van der Waals surface area contributed by atoms with Crippen LogP contribution < -0.4 is 9.80 Å². The Hall–Kier alpha value is -13.7. The van der Waals surface area contributed by atoms with Gasteiger partial charge in [-0.25, -0.2) is 0 Å². The van der Waals surface area contributed by atoms with E-state index in [1.54, 1.807) is 0 Å². The van der Waals surface area contributed by atoms with Gasteiger partial charge in [0.15, 0.2) is 0 Å². The molecule has 2 aliphatic heterocycles. The number of hydrogen-bond donors (Lipinski definition) is 0. The van der Waals surface area contributed by atoms with Crippen LogP contribution in [0.25, 0.3) is 88.0 Å². The zero-order valence-electron chi connectivity index (χ0n) is 58.7. The molecule has 4 aliphatic rings. The fourth-order valence-corrected chi connectivity index (χ4v) is 20.2. The molecule has 0 atom stereocenters. The Kier molecular flexibility index (Phi) is 13.5. The van der Waals surface area contributed by atoms with Gasteiger partial charge in [-0.2, -0.15) is 0 Å². The number of anilines is 6. The van der Waals surface area contributed by atoms with E-state index in [4.69, 9.17) is 0 Å². The number of fused-ring (bicyclic) bond motifs is 18. The molecule has 18 aromatic rings. The quantitative estimate of drug-likeness (QED) is 0.133. The molecule has 0 radical (unpaired) electrons. The monoisotopic (exact) mass is 1360 g/mol. The van der Waals surface area contributed by atoms with Crippen LogP contribution in [0.4, 0.5) is 34.1 Å². The lowest BCUT2D eigenvalue weighted by Crippen LogP contribution is -2.38. The Morgan fingerprint density at radius 1 is 0.168 bits per heavy atom. The van der Waals surface area contributed by atoms with Gasteiger partial charge in [-0.15, -0.1) is 0 Å². The summed E-state index contributed by atoms with van der Waals surface area (Å²) in [6.07, 6.45) is 0. The number of benzene rings is 18. The van der Waals surface area contributed by atoms with Crippen molar-refractivity contribution in [2.75, 3.05) is 9.80 Å². The first-order valence-electron chi connectivity index (χ1n) is 37.4. The van der Waals surface area contributed by atoms with Crippen LogP contribution in [0, 0.1) is 0 Å². The van der Waals surface area contributed by atoms with E-state index in [1.807, 2.05) is 0 Å². The Bertz CT molecular complexity index is 6210. The van der Waals surface area contributed by atoms with Gasteiger partial charge in [0.2, 0.25) is 0 Å². The summed E-state index contributed by atoms with van der Waals surface area (Å²) in [7, 11) is 0. The molecule has 0 unspecified atom stereocenters. The summed E-state index contributed by atoms with van der Waals surface area (Å²) in [5.74, 6) is 0.